The molecule has 2 aromatic rings. The van der Waals surface area contributed by atoms with Crippen LogP contribution in [0.3, 0.4) is 0 Å². The molecule has 116 valence electrons. The molecule has 1 N–H and O–H groups in total. The SMILES string of the molecule is Cc1ccc(C(CNc2ncncc2Cl)N2CCCC2)cc1. The summed E-state index contributed by atoms with van der Waals surface area (Å²) in [6.07, 6.45) is 5.69. The van der Waals surface area contributed by atoms with E-state index in [9.17, 15) is 0 Å². The van der Waals surface area contributed by atoms with Gasteiger partial charge in [0.15, 0.2) is 0 Å². The summed E-state index contributed by atoms with van der Waals surface area (Å²) in [5, 5.41) is 3.94. The maximum absolute atomic E-state index is 6.13. The number of halogens is 1. The van der Waals surface area contributed by atoms with Crippen LogP contribution in [-0.2, 0) is 0 Å². The van der Waals surface area contributed by atoms with Gasteiger partial charge in [0.2, 0.25) is 0 Å². The van der Waals surface area contributed by atoms with E-state index in [1.807, 2.05) is 0 Å². The molecule has 0 amide bonds. The molecule has 3 rings (SSSR count). The number of likely N-dealkylation sites (tertiary alicyclic amines) is 1. The summed E-state index contributed by atoms with van der Waals surface area (Å²) < 4.78 is 0. The fraction of sp³-hybridized carbons (Fsp3) is 0.412. The molecular formula is C17H21ClN4. The first-order valence-corrected chi connectivity index (χ1v) is 8.12. The van der Waals surface area contributed by atoms with Crippen LogP contribution < -0.4 is 5.32 Å². The lowest BCUT2D eigenvalue weighted by Gasteiger charge is -2.28. The van der Waals surface area contributed by atoms with E-state index in [1.165, 1.54) is 30.3 Å². The number of rotatable bonds is 5. The number of benzene rings is 1. The molecule has 1 aliphatic rings. The van der Waals surface area contributed by atoms with Crippen LogP contribution in [-0.4, -0.2) is 34.5 Å². The second kappa shape index (κ2) is 7.07. The van der Waals surface area contributed by atoms with Crippen LogP contribution in [0.4, 0.5) is 5.82 Å². The zero-order valence-electron chi connectivity index (χ0n) is 12.8. The highest BCUT2D eigenvalue weighted by atomic mass is 35.5. The molecule has 0 aliphatic carbocycles. The third-order valence-electron chi connectivity index (χ3n) is 4.17. The van der Waals surface area contributed by atoms with Crippen molar-refractivity contribution in [1.29, 1.82) is 0 Å². The number of aromatic nitrogens is 2. The Balaban J connectivity index is 1.76. The van der Waals surface area contributed by atoms with Gasteiger partial charge in [-0.2, -0.15) is 0 Å². The van der Waals surface area contributed by atoms with Gasteiger partial charge in [-0.25, -0.2) is 9.97 Å². The molecule has 0 bridgehead atoms. The van der Waals surface area contributed by atoms with E-state index in [4.69, 9.17) is 11.6 Å². The molecule has 1 aromatic heterocycles. The fourth-order valence-corrected chi connectivity index (χ4v) is 3.11. The van der Waals surface area contributed by atoms with Crippen molar-refractivity contribution >= 4 is 17.4 Å². The van der Waals surface area contributed by atoms with Crippen LogP contribution in [0.5, 0.6) is 0 Å². The first kappa shape index (κ1) is 15.3. The second-order valence-electron chi connectivity index (χ2n) is 5.77. The van der Waals surface area contributed by atoms with Crippen molar-refractivity contribution in [3.8, 4) is 0 Å². The Morgan fingerprint density at radius 3 is 2.64 bits per heavy atom. The third kappa shape index (κ3) is 3.57. The Hall–Kier alpha value is -1.65. The number of aryl methyl sites for hydroxylation is 1. The van der Waals surface area contributed by atoms with Gasteiger partial charge in [-0.05, 0) is 38.4 Å². The molecule has 0 spiro atoms. The van der Waals surface area contributed by atoms with Gasteiger partial charge in [-0.15, -0.1) is 0 Å². The predicted octanol–water partition coefficient (Wildman–Crippen LogP) is 3.69. The third-order valence-corrected chi connectivity index (χ3v) is 4.45. The van der Waals surface area contributed by atoms with Gasteiger partial charge in [-0.3, -0.25) is 4.90 Å². The highest BCUT2D eigenvalue weighted by molar-refractivity contribution is 6.32. The molecule has 1 atom stereocenters. The first-order valence-electron chi connectivity index (χ1n) is 7.74. The summed E-state index contributed by atoms with van der Waals surface area (Å²) in [6.45, 7) is 5.21. The molecular weight excluding hydrogens is 296 g/mol. The van der Waals surface area contributed by atoms with E-state index in [0.29, 0.717) is 16.9 Å². The van der Waals surface area contributed by atoms with E-state index in [2.05, 4.69) is 51.4 Å². The minimum absolute atomic E-state index is 0.342. The maximum Gasteiger partial charge on any atom is 0.148 e. The lowest BCUT2D eigenvalue weighted by molar-refractivity contribution is 0.256. The molecule has 2 heterocycles. The topological polar surface area (TPSA) is 41.1 Å². The first-order chi connectivity index (χ1) is 10.7. The predicted molar refractivity (Wildman–Crippen MR) is 90.3 cm³/mol. The van der Waals surface area contributed by atoms with Crippen molar-refractivity contribution in [2.75, 3.05) is 25.0 Å². The summed E-state index contributed by atoms with van der Waals surface area (Å²) in [6, 6.07) is 9.14. The maximum atomic E-state index is 6.13. The lowest BCUT2D eigenvalue weighted by atomic mass is 10.0. The van der Waals surface area contributed by atoms with E-state index in [1.54, 1.807) is 6.20 Å². The Bertz CT molecular complexity index is 608. The Morgan fingerprint density at radius 1 is 1.23 bits per heavy atom. The van der Waals surface area contributed by atoms with E-state index < -0.39 is 0 Å². The van der Waals surface area contributed by atoms with E-state index in [0.717, 1.165) is 19.6 Å². The van der Waals surface area contributed by atoms with Crippen LogP contribution in [0, 0.1) is 6.92 Å². The number of nitrogens with zero attached hydrogens (tertiary/aromatic N) is 3. The van der Waals surface area contributed by atoms with E-state index >= 15 is 0 Å². The fourth-order valence-electron chi connectivity index (χ4n) is 2.94. The van der Waals surface area contributed by atoms with E-state index in [-0.39, 0.29) is 0 Å². The summed E-state index contributed by atoms with van der Waals surface area (Å²) in [5.41, 5.74) is 2.63. The average Bonchev–Trinajstić information content (AvgIpc) is 3.05. The van der Waals surface area contributed by atoms with Crippen molar-refractivity contribution in [3.05, 3.63) is 52.9 Å². The average molecular weight is 317 g/mol. The Labute approximate surface area is 136 Å². The molecule has 1 saturated heterocycles. The second-order valence-corrected chi connectivity index (χ2v) is 6.18. The van der Waals surface area contributed by atoms with Gasteiger partial charge in [0.1, 0.15) is 17.2 Å². The minimum Gasteiger partial charge on any atom is -0.367 e. The van der Waals surface area contributed by atoms with Crippen LogP contribution in [0.15, 0.2) is 36.8 Å². The normalized spacial score (nSPS) is 16.6. The summed E-state index contributed by atoms with van der Waals surface area (Å²) in [7, 11) is 0. The van der Waals surface area contributed by atoms with Crippen molar-refractivity contribution in [2.24, 2.45) is 0 Å². The highest BCUT2D eigenvalue weighted by Gasteiger charge is 2.23. The van der Waals surface area contributed by atoms with Crippen molar-refractivity contribution < 1.29 is 0 Å². The van der Waals surface area contributed by atoms with Crippen LogP contribution in [0.1, 0.15) is 30.0 Å². The smallest absolute Gasteiger partial charge is 0.148 e. The van der Waals surface area contributed by atoms with Gasteiger partial charge in [0, 0.05) is 6.54 Å². The van der Waals surface area contributed by atoms with Gasteiger partial charge in [0.05, 0.1) is 12.2 Å². The van der Waals surface area contributed by atoms with Gasteiger partial charge in [0.25, 0.3) is 0 Å². The number of hydrogen-bond donors (Lipinski definition) is 1. The Kier molecular flexibility index (Phi) is 4.90. The van der Waals surface area contributed by atoms with Crippen LogP contribution >= 0.6 is 11.6 Å². The summed E-state index contributed by atoms with van der Waals surface area (Å²) in [5.74, 6) is 0.702. The van der Waals surface area contributed by atoms with Crippen molar-refractivity contribution in [2.45, 2.75) is 25.8 Å². The summed E-state index contributed by atoms with van der Waals surface area (Å²) >= 11 is 6.13. The minimum atomic E-state index is 0.342. The monoisotopic (exact) mass is 316 g/mol. The molecule has 1 aromatic carbocycles. The summed E-state index contributed by atoms with van der Waals surface area (Å²) in [4.78, 5) is 10.7. The number of hydrogen-bond acceptors (Lipinski definition) is 4. The molecule has 22 heavy (non-hydrogen) atoms. The largest absolute Gasteiger partial charge is 0.367 e. The molecule has 5 heteroatoms. The lowest BCUT2D eigenvalue weighted by Crippen LogP contribution is -2.31. The number of anilines is 1. The quantitative estimate of drug-likeness (QED) is 0.913. The van der Waals surface area contributed by atoms with Crippen LogP contribution in [0.2, 0.25) is 5.02 Å². The molecule has 0 radical (unpaired) electrons. The van der Waals surface area contributed by atoms with Gasteiger partial charge in [-0.1, -0.05) is 41.4 Å². The van der Waals surface area contributed by atoms with Crippen molar-refractivity contribution in [1.82, 2.24) is 14.9 Å². The molecule has 4 nitrogen and oxygen atoms in total. The van der Waals surface area contributed by atoms with Gasteiger partial charge < -0.3 is 5.32 Å². The van der Waals surface area contributed by atoms with Crippen molar-refractivity contribution in [3.63, 3.8) is 0 Å². The zero-order chi connectivity index (χ0) is 15.4. The Morgan fingerprint density at radius 2 is 1.95 bits per heavy atom. The van der Waals surface area contributed by atoms with Gasteiger partial charge >= 0.3 is 0 Å². The number of nitrogens with one attached hydrogen (secondary N) is 1. The molecule has 1 fully saturated rings. The highest BCUT2D eigenvalue weighted by Crippen LogP contribution is 2.26. The molecule has 0 saturated carbocycles. The standard InChI is InChI=1S/C17H21ClN4/c1-13-4-6-14(7-5-13)16(22-8-2-3-9-22)11-20-17-15(18)10-19-12-21-17/h4-7,10,12,16H,2-3,8-9,11H2,1H3,(H,19,20,21). The molecule has 1 unspecified atom stereocenters. The molecule has 1 aliphatic heterocycles. The zero-order valence-corrected chi connectivity index (χ0v) is 13.6. The van der Waals surface area contributed by atoms with Crippen LogP contribution in [0.25, 0.3) is 0 Å².